The fourth-order valence-corrected chi connectivity index (χ4v) is 4.70. The number of nitrogens with zero attached hydrogens (tertiary/aromatic N) is 1. The fourth-order valence-electron chi connectivity index (χ4n) is 4.70. The number of rotatable bonds is 2. The molecule has 2 heteroatoms. The summed E-state index contributed by atoms with van der Waals surface area (Å²) in [6.45, 7) is 9.04. The highest BCUT2D eigenvalue weighted by Crippen LogP contribution is 2.43. The summed E-state index contributed by atoms with van der Waals surface area (Å²) in [5.41, 5.74) is 1.27. The summed E-state index contributed by atoms with van der Waals surface area (Å²) in [5, 5.41) is 3.55. The fraction of sp³-hybridized carbons (Fsp3) is 1.00. The van der Waals surface area contributed by atoms with Gasteiger partial charge in [-0.15, -0.1) is 0 Å². The molecule has 1 N–H and O–H groups in total. The van der Waals surface area contributed by atoms with Gasteiger partial charge in [-0.25, -0.2) is 0 Å². The maximum atomic E-state index is 3.55. The summed E-state index contributed by atoms with van der Waals surface area (Å²) >= 11 is 0. The average molecular weight is 250 g/mol. The van der Waals surface area contributed by atoms with Crippen molar-refractivity contribution in [2.75, 3.05) is 32.7 Å². The Morgan fingerprint density at radius 1 is 1.00 bits per heavy atom. The van der Waals surface area contributed by atoms with Crippen molar-refractivity contribution in [3.05, 3.63) is 0 Å². The average Bonchev–Trinajstić information content (AvgIpc) is 2.77. The van der Waals surface area contributed by atoms with Crippen LogP contribution in [0.2, 0.25) is 0 Å². The van der Waals surface area contributed by atoms with E-state index >= 15 is 0 Å². The van der Waals surface area contributed by atoms with Crippen molar-refractivity contribution in [3.63, 3.8) is 0 Å². The van der Waals surface area contributed by atoms with Crippen LogP contribution < -0.4 is 5.32 Å². The second-order valence-electron chi connectivity index (χ2n) is 7.61. The van der Waals surface area contributed by atoms with Crippen molar-refractivity contribution in [2.45, 2.75) is 58.3 Å². The molecule has 3 rings (SSSR count). The molecule has 0 bridgehead atoms. The van der Waals surface area contributed by atoms with Crippen LogP contribution in [0.3, 0.4) is 0 Å². The third-order valence-corrected chi connectivity index (χ3v) is 5.72. The zero-order chi connectivity index (χ0) is 12.5. The van der Waals surface area contributed by atoms with Crippen molar-refractivity contribution in [2.24, 2.45) is 10.8 Å². The van der Waals surface area contributed by atoms with E-state index < -0.39 is 0 Å². The molecule has 18 heavy (non-hydrogen) atoms. The molecule has 1 aliphatic carbocycles. The molecule has 104 valence electrons. The van der Waals surface area contributed by atoms with Gasteiger partial charge in [0.25, 0.3) is 0 Å². The standard InChI is InChI=1S/C16H30N2/c1-15(9-10-17-12-15)13-18-11-5-8-16(14-18)6-3-2-4-7-16/h17H,2-14H2,1H3. The quantitative estimate of drug-likeness (QED) is 0.810. The Morgan fingerprint density at radius 2 is 1.78 bits per heavy atom. The lowest BCUT2D eigenvalue weighted by Crippen LogP contribution is -2.48. The van der Waals surface area contributed by atoms with Gasteiger partial charge < -0.3 is 10.2 Å². The highest BCUT2D eigenvalue weighted by atomic mass is 15.2. The Balaban J connectivity index is 1.59. The second kappa shape index (κ2) is 5.13. The van der Waals surface area contributed by atoms with Gasteiger partial charge in [0.1, 0.15) is 0 Å². The van der Waals surface area contributed by atoms with Crippen LogP contribution in [0.15, 0.2) is 0 Å². The van der Waals surface area contributed by atoms with Gasteiger partial charge in [0, 0.05) is 19.6 Å². The van der Waals surface area contributed by atoms with Crippen LogP contribution in [0.1, 0.15) is 58.3 Å². The van der Waals surface area contributed by atoms with Crippen molar-refractivity contribution in [3.8, 4) is 0 Å². The molecule has 3 fully saturated rings. The van der Waals surface area contributed by atoms with Gasteiger partial charge in [0.2, 0.25) is 0 Å². The number of hydrogen-bond acceptors (Lipinski definition) is 2. The smallest absolute Gasteiger partial charge is 0.00482 e. The molecule has 3 aliphatic rings. The molecule has 2 heterocycles. The van der Waals surface area contributed by atoms with Crippen LogP contribution in [-0.2, 0) is 0 Å². The first-order valence-corrected chi connectivity index (χ1v) is 8.13. The van der Waals surface area contributed by atoms with E-state index in [2.05, 4.69) is 17.1 Å². The van der Waals surface area contributed by atoms with Gasteiger partial charge in [-0.3, -0.25) is 0 Å². The summed E-state index contributed by atoms with van der Waals surface area (Å²) in [5.74, 6) is 0. The molecular weight excluding hydrogens is 220 g/mol. The van der Waals surface area contributed by atoms with Gasteiger partial charge in [-0.2, -0.15) is 0 Å². The predicted molar refractivity (Wildman–Crippen MR) is 76.8 cm³/mol. The van der Waals surface area contributed by atoms with E-state index in [1.165, 1.54) is 84.1 Å². The monoisotopic (exact) mass is 250 g/mol. The Labute approximate surface area is 113 Å². The Kier molecular flexibility index (Phi) is 3.68. The van der Waals surface area contributed by atoms with Crippen molar-refractivity contribution < 1.29 is 0 Å². The summed E-state index contributed by atoms with van der Waals surface area (Å²) in [6, 6.07) is 0. The number of nitrogens with one attached hydrogen (secondary N) is 1. The van der Waals surface area contributed by atoms with E-state index in [0.717, 1.165) is 5.41 Å². The van der Waals surface area contributed by atoms with Gasteiger partial charge in [-0.1, -0.05) is 26.2 Å². The van der Waals surface area contributed by atoms with E-state index in [1.54, 1.807) is 0 Å². The minimum Gasteiger partial charge on any atom is -0.316 e. The molecule has 0 amide bonds. The molecule has 1 unspecified atom stereocenters. The Morgan fingerprint density at radius 3 is 2.50 bits per heavy atom. The largest absolute Gasteiger partial charge is 0.316 e. The molecule has 1 saturated carbocycles. The lowest BCUT2D eigenvalue weighted by atomic mass is 9.69. The van der Waals surface area contributed by atoms with Crippen LogP contribution in [-0.4, -0.2) is 37.6 Å². The van der Waals surface area contributed by atoms with Crippen LogP contribution in [0.4, 0.5) is 0 Å². The second-order valence-corrected chi connectivity index (χ2v) is 7.61. The normalized spacial score (nSPS) is 37.2. The van der Waals surface area contributed by atoms with Crippen molar-refractivity contribution in [1.29, 1.82) is 0 Å². The topological polar surface area (TPSA) is 15.3 Å². The zero-order valence-electron chi connectivity index (χ0n) is 12.1. The summed E-state index contributed by atoms with van der Waals surface area (Å²) in [7, 11) is 0. The number of piperidine rings is 1. The Hall–Kier alpha value is -0.0800. The maximum Gasteiger partial charge on any atom is 0.00482 e. The minimum atomic E-state index is 0.549. The molecule has 0 radical (unpaired) electrons. The molecule has 0 aromatic heterocycles. The van der Waals surface area contributed by atoms with Crippen LogP contribution >= 0.6 is 0 Å². The van der Waals surface area contributed by atoms with E-state index in [0.29, 0.717) is 5.41 Å². The molecule has 2 aliphatic heterocycles. The number of likely N-dealkylation sites (tertiary alicyclic amines) is 1. The SMILES string of the molecule is CC1(CN2CCCC3(CCCCC3)C2)CCNC1. The maximum absolute atomic E-state index is 3.55. The van der Waals surface area contributed by atoms with Crippen molar-refractivity contribution >= 4 is 0 Å². The first-order chi connectivity index (χ1) is 8.70. The highest BCUT2D eigenvalue weighted by Gasteiger charge is 2.39. The van der Waals surface area contributed by atoms with Crippen molar-refractivity contribution in [1.82, 2.24) is 10.2 Å². The first-order valence-electron chi connectivity index (χ1n) is 8.13. The molecule has 1 spiro atoms. The van der Waals surface area contributed by atoms with E-state index in [9.17, 15) is 0 Å². The molecule has 2 saturated heterocycles. The third-order valence-electron chi connectivity index (χ3n) is 5.72. The van der Waals surface area contributed by atoms with Gasteiger partial charge in [0.15, 0.2) is 0 Å². The van der Waals surface area contributed by atoms with Gasteiger partial charge in [-0.05, 0) is 56.0 Å². The summed E-state index contributed by atoms with van der Waals surface area (Å²) in [6.07, 6.45) is 11.8. The Bertz CT molecular complexity index is 269. The predicted octanol–water partition coefficient (Wildman–Crippen LogP) is 3.03. The first kappa shape index (κ1) is 12.9. The van der Waals surface area contributed by atoms with Gasteiger partial charge >= 0.3 is 0 Å². The van der Waals surface area contributed by atoms with E-state index in [1.807, 2.05) is 0 Å². The highest BCUT2D eigenvalue weighted by molar-refractivity contribution is 4.93. The van der Waals surface area contributed by atoms with E-state index in [4.69, 9.17) is 0 Å². The minimum absolute atomic E-state index is 0.549. The molecular formula is C16H30N2. The summed E-state index contributed by atoms with van der Waals surface area (Å²) < 4.78 is 0. The molecule has 2 nitrogen and oxygen atoms in total. The zero-order valence-corrected chi connectivity index (χ0v) is 12.1. The molecule has 0 aromatic rings. The number of hydrogen-bond donors (Lipinski definition) is 1. The van der Waals surface area contributed by atoms with Crippen LogP contribution in [0, 0.1) is 10.8 Å². The third kappa shape index (κ3) is 2.75. The van der Waals surface area contributed by atoms with Gasteiger partial charge in [0.05, 0.1) is 0 Å². The lowest BCUT2D eigenvalue weighted by Gasteiger charge is -2.47. The molecule has 1 atom stereocenters. The summed E-state index contributed by atoms with van der Waals surface area (Å²) in [4.78, 5) is 2.81. The van der Waals surface area contributed by atoms with Crippen LogP contribution in [0.5, 0.6) is 0 Å². The van der Waals surface area contributed by atoms with Crippen LogP contribution in [0.25, 0.3) is 0 Å². The lowest BCUT2D eigenvalue weighted by molar-refractivity contribution is 0.0332. The molecule has 0 aromatic carbocycles. The van der Waals surface area contributed by atoms with E-state index in [-0.39, 0.29) is 0 Å².